The van der Waals surface area contributed by atoms with Gasteiger partial charge in [0.05, 0.1) is 5.75 Å². The Bertz CT molecular complexity index is 352. The van der Waals surface area contributed by atoms with Crippen molar-refractivity contribution >= 4 is 23.8 Å². The molecule has 0 aliphatic carbocycles. The maximum absolute atomic E-state index is 11.1. The summed E-state index contributed by atoms with van der Waals surface area (Å²) < 4.78 is 0. The third kappa shape index (κ3) is 7.04. The van der Waals surface area contributed by atoms with Crippen LogP contribution in [-0.2, 0) is 4.79 Å². The van der Waals surface area contributed by atoms with Gasteiger partial charge in [-0.05, 0) is 25.2 Å². The minimum Gasteiger partial charge on any atom is -0.481 e. The number of thioether (sulfide) groups is 1. The summed E-state index contributed by atoms with van der Waals surface area (Å²) in [4.78, 5) is 23.2. The Balaban J connectivity index is 2.40. The van der Waals surface area contributed by atoms with E-state index in [4.69, 9.17) is 10.2 Å². The first kappa shape index (κ1) is 18.1. The van der Waals surface area contributed by atoms with Crippen LogP contribution in [0.4, 0.5) is 4.79 Å². The van der Waals surface area contributed by atoms with Crippen molar-refractivity contribution in [3.63, 3.8) is 0 Å². The maximum atomic E-state index is 11.1. The first-order valence-corrected chi connectivity index (χ1v) is 8.58. The SMILES string of the molecule is CC(C)C[C@@H](CSCC(=O)O)NC[C@@H]1CCCN1C(=O)O. The van der Waals surface area contributed by atoms with Gasteiger partial charge >= 0.3 is 12.1 Å². The van der Waals surface area contributed by atoms with Crippen molar-refractivity contribution < 1.29 is 19.8 Å². The van der Waals surface area contributed by atoms with Gasteiger partial charge < -0.3 is 20.4 Å². The fraction of sp³-hybridized carbons (Fsp3) is 0.857. The van der Waals surface area contributed by atoms with Crippen LogP contribution in [0.2, 0.25) is 0 Å². The van der Waals surface area contributed by atoms with Crippen molar-refractivity contribution in [2.45, 2.75) is 45.2 Å². The number of hydrogen-bond donors (Lipinski definition) is 3. The summed E-state index contributed by atoms with van der Waals surface area (Å²) in [5.74, 6) is 0.578. The molecular formula is C14H26N2O4S. The topological polar surface area (TPSA) is 89.9 Å². The lowest BCUT2D eigenvalue weighted by molar-refractivity contribution is -0.133. The minimum atomic E-state index is -0.847. The Labute approximate surface area is 130 Å². The molecule has 6 nitrogen and oxygen atoms in total. The van der Waals surface area contributed by atoms with E-state index in [2.05, 4.69) is 19.2 Å². The van der Waals surface area contributed by atoms with Crippen LogP contribution in [0.1, 0.15) is 33.1 Å². The van der Waals surface area contributed by atoms with E-state index in [1.54, 1.807) is 0 Å². The molecule has 0 saturated carbocycles. The molecule has 1 aliphatic rings. The molecule has 21 heavy (non-hydrogen) atoms. The zero-order valence-electron chi connectivity index (χ0n) is 12.7. The zero-order chi connectivity index (χ0) is 15.8. The highest BCUT2D eigenvalue weighted by Crippen LogP contribution is 2.18. The lowest BCUT2D eigenvalue weighted by Crippen LogP contribution is -2.45. The van der Waals surface area contributed by atoms with Gasteiger partial charge in [-0.25, -0.2) is 4.79 Å². The second-order valence-electron chi connectivity index (χ2n) is 5.92. The average molecular weight is 318 g/mol. The molecule has 1 saturated heterocycles. The van der Waals surface area contributed by atoms with Crippen molar-refractivity contribution in [2.75, 3.05) is 24.6 Å². The summed E-state index contributed by atoms with van der Waals surface area (Å²) in [5.41, 5.74) is 0. The molecule has 2 atom stereocenters. The van der Waals surface area contributed by atoms with Gasteiger partial charge in [0.2, 0.25) is 0 Å². The van der Waals surface area contributed by atoms with Crippen molar-refractivity contribution in [3.8, 4) is 0 Å². The predicted molar refractivity (Wildman–Crippen MR) is 84.0 cm³/mol. The van der Waals surface area contributed by atoms with Gasteiger partial charge in [-0.3, -0.25) is 4.79 Å². The van der Waals surface area contributed by atoms with Crippen LogP contribution in [0.15, 0.2) is 0 Å². The minimum absolute atomic E-state index is 0.0432. The van der Waals surface area contributed by atoms with Gasteiger partial charge in [-0.2, -0.15) is 0 Å². The third-order valence-electron chi connectivity index (χ3n) is 3.57. The lowest BCUT2D eigenvalue weighted by atomic mass is 10.0. The number of carboxylic acids is 1. The molecule has 122 valence electrons. The van der Waals surface area contributed by atoms with Gasteiger partial charge in [0.25, 0.3) is 0 Å². The Hall–Kier alpha value is -0.950. The molecule has 1 rings (SSSR count). The van der Waals surface area contributed by atoms with Crippen LogP contribution < -0.4 is 5.32 Å². The predicted octanol–water partition coefficient (Wildman–Crippen LogP) is 1.95. The first-order valence-electron chi connectivity index (χ1n) is 7.42. The molecule has 1 amide bonds. The molecule has 1 fully saturated rings. The number of carboxylic acid groups (broad SMARTS) is 2. The summed E-state index contributed by atoms with van der Waals surface area (Å²) in [6.07, 6.45) is 1.93. The molecule has 0 aromatic carbocycles. The molecule has 0 unspecified atom stereocenters. The van der Waals surface area contributed by atoms with Gasteiger partial charge in [0.15, 0.2) is 0 Å². The summed E-state index contributed by atoms with van der Waals surface area (Å²) in [5, 5.41) is 21.3. The van der Waals surface area contributed by atoms with Crippen LogP contribution in [0.5, 0.6) is 0 Å². The molecule has 7 heteroatoms. The number of rotatable bonds is 9. The number of hydrogen-bond acceptors (Lipinski definition) is 4. The standard InChI is InChI=1S/C14H26N2O4S/c1-10(2)6-11(8-21-9-13(17)18)15-7-12-4-3-5-16(12)14(19)20/h10-12,15H,3-9H2,1-2H3,(H,17,18)(H,19,20)/t11-,12-/m0/s1. The number of nitrogens with zero attached hydrogens (tertiary/aromatic N) is 1. The van der Waals surface area contributed by atoms with Crippen molar-refractivity contribution in [3.05, 3.63) is 0 Å². The van der Waals surface area contributed by atoms with E-state index in [0.717, 1.165) is 25.0 Å². The Kier molecular flexibility index (Phi) is 7.88. The quantitative estimate of drug-likeness (QED) is 0.602. The Morgan fingerprint density at radius 2 is 2.10 bits per heavy atom. The highest BCUT2D eigenvalue weighted by molar-refractivity contribution is 7.99. The van der Waals surface area contributed by atoms with Crippen molar-refractivity contribution in [1.29, 1.82) is 0 Å². The molecule has 0 aromatic heterocycles. The van der Waals surface area contributed by atoms with E-state index in [0.29, 0.717) is 19.0 Å². The average Bonchev–Trinajstić information content (AvgIpc) is 2.83. The Morgan fingerprint density at radius 3 is 2.67 bits per heavy atom. The fourth-order valence-electron chi connectivity index (χ4n) is 2.67. The summed E-state index contributed by atoms with van der Waals surface area (Å²) in [7, 11) is 0. The molecule has 0 radical (unpaired) electrons. The van der Waals surface area contributed by atoms with E-state index in [-0.39, 0.29) is 17.8 Å². The largest absolute Gasteiger partial charge is 0.481 e. The summed E-state index contributed by atoms with van der Waals surface area (Å²) >= 11 is 1.41. The summed E-state index contributed by atoms with van der Waals surface area (Å²) in [6.45, 7) is 5.53. The first-order chi connectivity index (χ1) is 9.90. The van der Waals surface area contributed by atoms with E-state index in [1.807, 2.05) is 0 Å². The molecule has 0 spiro atoms. The number of likely N-dealkylation sites (tertiary alicyclic amines) is 1. The number of nitrogens with one attached hydrogen (secondary N) is 1. The molecule has 1 aliphatic heterocycles. The van der Waals surface area contributed by atoms with E-state index >= 15 is 0 Å². The Morgan fingerprint density at radius 1 is 1.38 bits per heavy atom. The van der Waals surface area contributed by atoms with Crippen LogP contribution in [0.3, 0.4) is 0 Å². The van der Waals surface area contributed by atoms with Crippen LogP contribution in [0.25, 0.3) is 0 Å². The number of amides is 1. The van der Waals surface area contributed by atoms with Crippen LogP contribution >= 0.6 is 11.8 Å². The maximum Gasteiger partial charge on any atom is 0.407 e. The van der Waals surface area contributed by atoms with Gasteiger partial charge in [-0.15, -0.1) is 11.8 Å². The number of aliphatic carboxylic acids is 1. The molecule has 1 heterocycles. The highest BCUT2D eigenvalue weighted by atomic mass is 32.2. The highest BCUT2D eigenvalue weighted by Gasteiger charge is 2.28. The molecule has 3 N–H and O–H groups in total. The van der Waals surface area contributed by atoms with Crippen molar-refractivity contribution in [2.24, 2.45) is 5.92 Å². The summed E-state index contributed by atoms with van der Waals surface area (Å²) in [6, 6.07) is 0.271. The monoisotopic (exact) mass is 318 g/mol. The van der Waals surface area contributed by atoms with E-state index < -0.39 is 12.1 Å². The van der Waals surface area contributed by atoms with E-state index in [9.17, 15) is 9.59 Å². The number of carbonyl (C=O) groups is 2. The molecular weight excluding hydrogens is 292 g/mol. The second kappa shape index (κ2) is 9.15. The van der Waals surface area contributed by atoms with Gasteiger partial charge in [0.1, 0.15) is 0 Å². The fourth-order valence-corrected chi connectivity index (χ4v) is 3.50. The zero-order valence-corrected chi connectivity index (χ0v) is 13.6. The van der Waals surface area contributed by atoms with Crippen LogP contribution in [-0.4, -0.2) is 63.9 Å². The van der Waals surface area contributed by atoms with E-state index in [1.165, 1.54) is 16.7 Å². The van der Waals surface area contributed by atoms with Gasteiger partial charge in [-0.1, -0.05) is 13.8 Å². The second-order valence-corrected chi connectivity index (χ2v) is 6.95. The third-order valence-corrected chi connectivity index (χ3v) is 4.65. The lowest BCUT2D eigenvalue weighted by Gasteiger charge is -2.26. The van der Waals surface area contributed by atoms with Gasteiger partial charge in [0, 0.05) is 30.9 Å². The normalized spacial score (nSPS) is 20.0. The van der Waals surface area contributed by atoms with Crippen molar-refractivity contribution in [1.82, 2.24) is 10.2 Å². The smallest absolute Gasteiger partial charge is 0.407 e. The molecule has 0 aromatic rings. The molecule has 0 bridgehead atoms. The van der Waals surface area contributed by atoms with Crippen LogP contribution in [0, 0.1) is 5.92 Å².